The standard InChI is InChI=1S/C17H17BrN2O2/c18-14-7-8-15(19-11-14)17(9-4-10-17)20-16(21)22-12-13-5-2-1-3-6-13/h1-3,5-8,11H,4,9-10,12H2,(H,20,21). The molecule has 0 aliphatic heterocycles. The normalized spacial score (nSPS) is 15.7. The summed E-state index contributed by atoms with van der Waals surface area (Å²) in [7, 11) is 0. The fraction of sp³-hybridized carbons (Fsp3) is 0.294. The summed E-state index contributed by atoms with van der Waals surface area (Å²) in [6.45, 7) is 0.274. The Labute approximate surface area is 138 Å². The average molecular weight is 361 g/mol. The lowest BCUT2D eigenvalue weighted by molar-refractivity contribution is 0.104. The molecule has 1 fully saturated rings. The Morgan fingerprint density at radius 2 is 2.00 bits per heavy atom. The molecule has 5 heteroatoms. The van der Waals surface area contributed by atoms with E-state index >= 15 is 0 Å². The molecule has 4 nitrogen and oxygen atoms in total. The first-order chi connectivity index (χ1) is 10.7. The molecule has 1 heterocycles. The molecule has 1 N–H and O–H groups in total. The second kappa shape index (κ2) is 6.48. The van der Waals surface area contributed by atoms with Gasteiger partial charge in [-0.1, -0.05) is 30.3 Å². The number of nitrogens with zero attached hydrogens (tertiary/aromatic N) is 1. The highest BCUT2D eigenvalue weighted by Crippen LogP contribution is 2.40. The monoisotopic (exact) mass is 360 g/mol. The zero-order chi connectivity index (χ0) is 15.4. The zero-order valence-electron chi connectivity index (χ0n) is 12.1. The van der Waals surface area contributed by atoms with E-state index in [0.29, 0.717) is 0 Å². The number of carbonyl (C=O) groups is 1. The van der Waals surface area contributed by atoms with E-state index in [1.165, 1.54) is 0 Å². The van der Waals surface area contributed by atoms with Crippen LogP contribution in [0.15, 0.2) is 53.1 Å². The van der Waals surface area contributed by atoms with E-state index in [0.717, 1.165) is 35.0 Å². The molecule has 1 aromatic carbocycles. The topological polar surface area (TPSA) is 51.2 Å². The van der Waals surface area contributed by atoms with Gasteiger partial charge in [0.2, 0.25) is 0 Å². The van der Waals surface area contributed by atoms with Gasteiger partial charge in [-0.3, -0.25) is 4.98 Å². The molecule has 1 amide bonds. The summed E-state index contributed by atoms with van der Waals surface area (Å²) in [5, 5.41) is 3.00. The van der Waals surface area contributed by atoms with Gasteiger partial charge in [0.25, 0.3) is 0 Å². The third-order valence-electron chi connectivity index (χ3n) is 3.98. The van der Waals surface area contributed by atoms with Crippen molar-refractivity contribution in [1.29, 1.82) is 0 Å². The minimum Gasteiger partial charge on any atom is -0.445 e. The van der Waals surface area contributed by atoms with Crippen LogP contribution in [0.1, 0.15) is 30.5 Å². The zero-order valence-corrected chi connectivity index (χ0v) is 13.7. The summed E-state index contributed by atoms with van der Waals surface area (Å²) in [6, 6.07) is 13.5. The van der Waals surface area contributed by atoms with Crippen LogP contribution in [0.25, 0.3) is 0 Å². The van der Waals surface area contributed by atoms with Gasteiger partial charge in [0.05, 0.1) is 11.2 Å². The lowest BCUT2D eigenvalue weighted by Crippen LogP contribution is -2.51. The van der Waals surface area contributed by atoms with E-state index in [-0.39, 0.29) is 12.1 Å². The maximum Gasteiger partial charge on any atom is 0.408 e. The van der Waals surface area contributed by atoms with Gasteiger partial charge in [-0.25, -0.2) is 4.79 Å². The molecular weight excluding hydrogens is 344 g/mol. The lowest BCUT2D eigenvalue weighted by atomic mass is 9.74. The summed E-state index contributed by atoms with van der Waals surface area (Å²) < 4.78 is 6.25. The molecule has 0 atom stereocenters. The van der Waals surface area contributed by atoms with Crippen LogP contribution in [0, 0.1) is 0 Å². The highest BCUT2D eigenvalue weighted by molar-refractivity contribution is 9.10. The van der Waals surface area contributed by atoms with Crippen LogP contribution >= 0.6 is 15.9 Å². The molecule has 1 aliphatic carbocycles. The number of amides is 1. The third-order valence-corrected chi connectivity index (χ3v) is 4.45. The maximum atomic E-state index is 12.1. The van der Waals surface area contributed by atoms with Gasteiger partial charge in [0, 0.05) is 10.7 Å². The lowest BCUT2D eigenvalue weighted by Gasteiger charge is -2.41. The molecule has 0 spiro atoms. The van der Waals surface area contributed by atoms with E-state index in [2.05, 4.69) is 26.2 Å². The van der Waals surface area contributed by atoms with Crippen molar-refractivity contribution in [1.82, 2.24) is 10.3 Å². The molecule has 0 bridgehead atoms. The van der Waals surface area contributed by atoms with Crippen LogP contribution in [-0.2, 0) is 16.9 Å². The van der Waals surface area contributed by atoms with Crippen molar-refractivity contribution >= 4 is 22.0 Å². The minimum absolute atomic E-state index is 0.274. The molecule has 1 saturated carbocycles. The van der Waals surface area contributed by atoms with Crippen LogP contribution < -0.4 is 5.32 Å². The van der Waals surface area contributed by atoms with Crippen LogP contribution in [0.5, 0.6) is 0 Å². The van der Waals surface area contributed by atoms with Crippen LogP contribution in [-0.4, -0.2) is 11.1 Å². The first kappa shape index (κ1) is 15.0. The molecule has 3 rings (SSSR count). The molecule has 0 saturated heterocycles. The number of alkyl carbamates (subject to hydrolysis) is 1. The Hall–Kier alpha value is -1.88. The number of rotatable bonds is 4. The Kier molecular flexibility index (Phi) is 4.43. The average Bonchev–Trinajstić information content (AvgIpc) is 2.51. The summed E-state index contributed by atoms with van der Waals surface area (Å²) in [4.78, 5) is 16.5. The predicted octanol–water partition coefficient (Wildman–Crippen LogP) is 4.15. The molecule has 1 aromatic heterocycles. The van der Waals surface area contributed by atoms with Crippen molar-refractivity contribution in [3.05, 3.63) is 64.4 Å². The molecule has 1 aliphatic rings. The Bertz CT molecular complexity index is 639. The van der Waals surface area contributed by atoms with E-state index in [4.69, 9.17) is 4.74 Å². The highest BCUT2D eigenvalue weighted by atomic mass is 79.9. The first-order valence-electron chi connectivity index (χ1n) is 7.29. The SMILES string of the molecule is O=C(NC1(c2ccc(Br)cn2)CCC1)OCc1ccccc1. The van der Waals surface area contributed by atoms with Crippen LogP contribution in [0.3, 0.4) is 0 Å². The second-order valence-electron chi connectivity index (χ2n) is 5.48. The quantitative estimate of drug-likeness (QED) is 0.890. The Morgan fingerprint density at radius 3 is 2.59 bits per heavy atom. The number of pyridine rings is 1. The number of ether oxygens (including phenoxy) is 1. The Morgan fingerprint density at radius 1 is 1.23 bits per heavy atom. The van der Waals surface area contributed by atoms with Gasteiger partial charge in [-0.05, 0) is 52.9 Å². The van der Waals surface area contributed by atoms with Gasteiger partial charge in [0.1, 0.15) is 6.61 Å². The number of aromatic nitrogens is 1. The molecule has 114 valence electrons. The largest absolute Gasteiger partial charge is 0.445 e. The molecule has 0 unspecified atom stereocenters. The van der Waals surface area contributed by atoms with Gasteiger partial charge in [-0.15, -0.1) is 0 Å². The summed E-state index contributed by atoms with van der Waals surface area (Å²) in [5.74, 6) is 0. The maximum absolute atomic E-state index is 12.1. The number of nitrogens with one attached hydrogen (secondary N) is 1. The van der Waals surface area contributed by atoms with E-state index in [9.17, 15) is 4.79 Å². The molecular formula is C17H17BrN2O2. The van der Waals surface area contributed by atoms with Crippen molar-refractivity contribution in [2.24, 2.45) is 0 Å². The summed E-state index contributed by atoms with van der Waals surface area (Å²) in [5.41, 5.74) is 1.48. The van der Waals surface area contributed by atoms with Crippen molar-refractivity contribution in [3.63, 3.8) is 0 Å². The van der Waals surface area contributed by atoms with Crippen LogP contribution in [0.2, 0.25) is 0 Å². The van der Waals surface area contributed by atoms with Gasteiger partial charge in [0.15, 0.2) is 0 Å². The molecule has 0 radical (unpaired) electrons. The number of halogens is 1. The number of carbonyl (C=O) groups excluding carboxylic acids is 1. The minimum atomic E-state index is -0.395. The van der Waals surface area contributed by atoms with E-state index in [1.54, 1.807) is 6.20 Å². The van der Waals surface area contributed by atoms with E-state index in [1.807, 2.05) is 42.5 Å². The van der Waals surface area contributed by atoms with Crippen molar-refractivity contribution in [3.8, 4) is 0 Å². The number of benzene rings is 1. The van der Waals surface area contributed by atoms with Crippen molar-refractivity contribution < 1.29 is 9.53 Å². The van der Waals surface area contributed by atoms with Crippen LogP contribution in [0.4, 0.5) is 4.79 Å². The van der Waals surface area contributed by atoms with Gasteiger partial charge >= 0.3 is 6.09 Å². The van der Waals surface area contributed by atoms with Crippen molar-refractivity contribution in [2.75, 3.05) is 0 Å². The fourth-order valence-corrected chi connectivity index (χ4v) is 2.82. The third kappa shape index (κ3) is 3.30. The predicted molar refractivity (Wildman–Crippen MR) is 87.2 cm³/mol. The highest BCUT2D eigenvalue weighted by Gasteiger charge is 2.41. The summed E-state index contributed by atoms with van der Waals surface area (Å²) in [6.07, 6.45) is 4.22. The fourth-order valence-electron chi connectivity index (χ4n) is 2.59. The number of hydrogen-bond acceptors (Lipinski definition) is 3. The second-order valence-corrected chi connectivity index (χ2v) is 6.40. The van der Waals surface area contributed by atoms with Gasteiger partial charge in [-0.2, -0.15) is 0 Å². The molecule has 22 heavy (non-hydrogen) atoms. The molecule has 2 aromatic rings. The first-order valence-corrected chi connectivity index (χ1v) is 8.08. The smallest absolute Gasteiger partial charge is 0.408 e. The summed E-state index contributed by atoms with van der Waals surface area (Å²) >= 11 is 3.38. The van der Waals surface area contributed by atoms with E-state index < -0.39 is 6.09 Å². The number of hydrogen-bond donors (Lipinski definition) is 1. The Balaban J connectivity index is 1.62. The van der Waals surface area contributed by atoms with Gasteiger partial charge < -0.3 is 10.1 Å². The van der Waals surface area contributed by atoms with Crippen molar-refractivity contribution in [2.45, 2.75) is 31.4 Å².